The molecular formula is C11H13N3O2S. The van der Waals surface area contributed by atoms with Gasteiger partial charge in [0.25, 0.3) is 0 Å². The third-order valence-corrected chi connectivity index (χ3v) is 4.25. The van der Waals surface area contributed by atoms with Gasteiger partial charge >= 0.3 is 5.97 Å². The largest absolute Gasteiger partial charge is 0.475 e. The van der Waals surface area contributed by atoms with Crippen LogP contribution in [0.4, 0.5) is 0 Å². The molecule has 1 unspecified atom stereocenters. The van der Waals surface area contributed by atoms with E-state index in [0.717, 1.165) is 42.4 Å². The summed E-state index contributed by atoms with van der Waals surface area (Å²) in [6.07, 6.45) is 2.00. The highest BCUT2D eigenvalue weighted by molar-refractivity contribution is 7.99. The van der Waals surface area contributed by atoms with E-state index >= 15 is 0 Å². The fraction of sp³-hybridized carbons (Fsp3) is 0.545. The average Bonchev–Trinajstić information content (AvgIpc) is 2.98. The highest BCUT2D eigenvalue weighted by Crippen LogP contribution is 2.35. The highest BCUT2D eigenvalue weighted by atomic mass is 32.2. The second-order valence-electron chi connectivity index (χ2n) is 4.31. The predicted molar refractivity (Wildman–Crippen MR) is 63.6 cm³/mol. The van der Waals surface area contributed by atoms with Gasteiger partial charge in [-0.3, -0.25) is 0 Å². The molecule has 90 valence electrons. The van der Waals surface area contributed by atoms with Gasteiger partial charge in [-0.2, -0.15) is 0 Å². The molecule has 6 heteroatoms. The van der Waals surface area contributed by atoms with Crippen molar-refractivity contribution in [3.05, 3.63) is 17.1 Å². The quantitative estimate of drug-likeness (QED) is 0.761. The van der Waals surface area contributed by atoms with E-state index < -0.39 is 5.97 Å². The van der Waals surface area contributed by atoms with E-state index in [4.69, 9.17) is 5.11 Å². The van der Waals surface area contributed by atoms with E-state index in [-0.39, 0.29) is 5.82 Å². The van der Waals surface area contributed by atoms with E-state index in [2.05, 4.69) is 15.3 Å². The summed E-state index contributed by atoms with van der Waals surface area (Å²) in [5.74, 6) is 0.247. The van der Waals surface area contributed by atoms with Crippen LogP contribution in [0.2, 0.25) is 0 Å². The van der Waals surface area contributed by atoms with Crippen LogP contribution in [0.1, 0.15) is 34.2 Å². The molecule has 0 spiro atoms. The summed E-state index contributed by atoms with van der Waals surface area (Å²) >= 11 is 1.64. The normalized spacial score (nSPS) is 22.7. The first-order valence-corrected chi connectivity index (χ1v) is 6.72. The molecule has 0 aliphatic carbocycles. The second kappa shape index (κ2) is 4.27. The number of hydrogen-bond acceptors (Lipinski definition) is 5. The lowest BCUT2D eigenvalue weighted by Gasteiger charge is -2.12. The molecule has 0 radical (unpaired) electrons. The van der Waals surface area contributed by atoms with Gasteiger partial charge in [0.1, 0.15) is 5.03 Å². The number of nitrogens with one attached hydrogen (secondary N) is 1. The first kappa shape index (κ1) is 11.0. The molecule has 5 nitrogen and oxygen atoms in total. The molecule has 1 aromatic rings. The van der Waals surface area contributed by atoms with Crippen molar-refractivity contribution in [1.29, 1.82) is 0 Å². The minimum Gasteiger partial charge on any atom is -0.475 e. The van der Waals surface area contributed by atoms with Gasteiger partial charge in [0.2, 0.25) is 5.82 Å². The molecule has 2 N–H and O–H groups in total. The van der Waals surface area contributed by atoms with Crippen molar-refractivity contribution in [3.63, 3.8) is 0 Å². The lowest BCUT2D eigenvalue weighted by molar-refractivity contribution is 0.0682. The minimum absolute atomic E-state index is 0.0555. The molecule has 2 aliphatic heterocycles. The molecule has 3 rings (SSSR count). The Labute approximate surface area is 103 Å². The number of fused-ring (bicyclic) bond motifs is 1. The van der Waals surface area contributed by atoms with Crippen LogP contribution in [0.25, 0.3) is 0 Å². The topological polar surface area (TPSA) is 75.1 Å². The summed E-state index contributed by atoms with van der Waals surface area (Å²) in [5.41, 5.74) is 2.14. The number of thioether (sulfide) groups is 1. The van der Waals surface area contributed by atoms with Crippen LogP contribution < -0.4 is 5.32 Å². The molecule has 2 aliphatic rings. The Morgan fingerprint density at radius 3 is 3.06 bits per heavy atom. The van der Waals surface area contributed by atoms with E-state index in [1.165, 1.54) is 5.56 Å². The first-order valence-electron chi connectivity index (χ1n) is 5.73. The lowest BCUT2D eigenvalue weighted by atomic mass is 9.99. The molecule has 0 bridgehead atoms. The van der Waals surface area contributed by atoms with E-state index in [0.29, 0.717) is 5.92 Å². The van der Waals surface area contributed by atoms with Crippen LogP contribution >= 0.6 is 11.8 Å². The molecule has 1 aromatic heterocycles. The summed E-state index contributed by atoms with van der Waals surface area (Å²) in [7, 11) is 0. The average molecular weight is 251 g/mol. The molecule has 0 aromatic carbocycles. The van der Waals surface area contributed by atoms with Crippen molar-refractivity contribution >= 4 is 17.7 Å². The predicted octanol–water partition coefficient (Wildman–Crippen LogP) is 0.900. The van der Waals surface area contributed by atoms with Crippen molar-refractivity contribution in [1.82, 2.24) is 15.3 Å². The van der Waals surface area contributed by atoms with Crippen LogP contribution in [-0.4, -0.2) is 39.9 Å². The van der Waals surface area contributed by atoms with E-state index in [9.17, 15) is 4.79 Å². The van der Waals surface area contributed by atoms with Crippen molar-refractivity contribution in [2.45, 2.75) is 23.8 Å². The molecule has 0 amide bonds. The third-order valence-electron chi connectivity index (χ3n) is 3.23. The van der Waals surface area contributed by atoms with Crippen LogP contribution in [0.5, 0.6) is 0 Å². The van der Waals surface area contributed by atoms with Crippen LogP contribution in [0, 0.1) is 0 Å². The summed E-state index contributed by atoms with van der Waals surface area (Å²) in [6, 6.07) is 0. The maximum atomic E-state index is 11.0. The zero-order valence-corrected chi connectivity index (χ0v) is 10.1. The van der Waals surface area contributed by atoms with E-state index in [1.54, 1.807) is 11.8 Å². The van der Waals surface area contributed by atoms with Crippen molar-refractivity contribution in [3.8, 4) is 0 Å². The fourth-order valence-electron chi connectivity index (χ4n) is 2.41. The Bertz CT molecular complexity index is 472. The summed E-state index contributed by atoms with van der Waals surface area (Å²) in [4.78, 5) is 19.4. The van der Waals surface area contributed by atoms with Crippen molar-refractivity contribution in [2.75, 3.05) is 18.8 Å². The summed E-state index contributed by atoms with van der Waals surface area (Å²) < 4.78 is 0. The number of carboxylic acids is 1. The molecule has 17 heavy (non-hydrogen) atoms. The number of aromatic nitrogens is 2. The molecule has 1 atom stereocenters. The Morgan fingerprint density at radius 1 is 1.47 bits per heavy atom. The van der Waals surface area contributed by atoms with Gasteiger partial charge < -0.3 is 10.4 Å². The number of carboxylic acid groups (broad SMARTS) is 1. The van der Waals surface area contributed by atoms with Gasteiger partial charge in [0, 0.05) is 23.8 Å². The van der Waals surface area contributed by atoms with Crippen LogP contribution in [-0.2, 0) is 6.42 Å². The second-order valence-corrected chi connectivity index (χ2v) is 5.39. The number of rotatable bonds is 2. The molecule has 1 saturated heterocycles. The van der Waals surface area contributed by atoms with Crippen LogP contribution in [0.3, 0.4) is 0 Å². The molecular weight excluding hydrogens is 238 g/mol. The monoisotopic (exact) mass is 251 g/mol. The maximum Gasteiger partial charge on any atom is 0.373 e. The lowest BCUT2D eigenvalue weighted by Crippen LogP contribution is -2.15. The first-order chi connectivity index (χ1) is 8.25. The molecule has 1 fully saturated rings. The standard InChI is InChI=1S/C11H13N3O2S/c15-11(16)9-13-8(6-1-3-12-5-6)7-2-4-17-10(7)14-9/h6,12H,1-5H2,(H,15,16). The van der Waals surface area contributed by atoms with Crippen molar-refractivity contribution in [2.24, 2.45) is 0 Å². The number of carbonyl (C=O) groups is 1. The van der Waals surface area contributed by atoms with Gasteiger partial charge in [-0.15, -0.1) is 11.8 Å². The number of hydrogen-bond donors (Lipinski definition) is 2. The Balaban J connectivity index is 2.08. The number of nitrogens with zero attached hydrogens (tertiary/aromatic N) is 2. The zero-order chi connectivity index (χ0) is 11.8. The van der Waals surface area contributed by atoms with Gasteiger partial charge in [-0.1, -0.05) is 0 Å². The molecule has 3 heterocycles. The Morgan fingerprint density at radius 2 is 2.35 bits per heavy atom. The van der Waals surface area contributed by atoms with Crippen LogP contribution in [0.15, 0.2) is 5.03 Å². The summed E-state index contributed by atoms with van der Waals surface area (Å²) in [5, 5.41) is 13.2. The summed E-state index contributed by atoms with van der Waals surface area (Å²) in [6.45, 7) is 1.88. The Kier molecular flexibility index (Phi) is 2.76. The number of aromatic carboxylic acids is 1. The highest BCUT2D eigenvalue weighted by Gasteiger charge is 2.28. The Hall–Kier alpha value is -1.14. The fourth-order valence-corrected chi connectivity index (χ4v) is 3.44. The third kappa shape index (κ3) is 1.91. The van der Waals surface area contributed by atoms with Crippen molar-refractivity contribution < 1.29 is 9.90 Å². The van der Waals surface area contributed by atoms with Gasteiger partial charge in [-0.25, -0.2) is 14.8 Å². The van der Waals surface area contributed by atoms with Gasteiger partial charge in [-0.05, 0) is 19.4 Å². The smallest absolute Gasteiger partial charge is 0.373 e. The van der Waals surface area contributed by atoms with Gasteiger partial charge in [0.15, 0.2) is 0 Å². The van der Waals surface area contributed by atoms with E-state index in [1.807, 2.05) is 0 Å². The molecule has 0 saturated carbocycles. The minimum atomic E-state index is -1.03. The maximum absolute atomic E-state index is 11.0. The van der Waals surface area contributed by atoms with Gasteiger partial charge in [0.05, 0.1) is 5.69 Å². The zero-order valence-electron chi connectivity index (χ0n) is 9.27. The SMILES string of the molecule is O=C(O)c1nc2c(c(C3CCNC3)n1)CCS2.